The van der Waals surface area contributed by atoms with Crippen LogP contribution in [0.3, 0.4) is 0 Å². The first kappa shape index (κ1) is 17.8. The van der Waals surface area contributed by atoms with Gasteiger partial charge in [0, 0.05) is 4.47 Å². The quantitative estimate of drug-likeness (QED) is 0.667. The lowest BCUT2D eigenvalue weighted by molar-refractivity contribution is -0.137. The number of halogens is 4. The molecule has 132 valence electrons. The molecule has 0 saturated heterocycles. The standard InChI is InChI=1S/C18H15BrF3NO2/c19-14-6-7-16-13(8-14)9-15(10-18(20,21)22)23(16)17(24)25-11-12-4-2-1-3-5-12/h1-8,15H,9-11H2. The van der Waals surface area contributed by atoms with Crippen molar-refractivity contribution in [2.75, 3.05) is 4.90 Å². The van der Waals surface area contributed by atoms with E-state index in [0.29, 0.717) is 11.3 Å². The van der Waals surface area contributed by atoms with Crippen LogP contribution in [0.1, 0.15) is 17.5 Å². The summed E-state index contributed by atoms with van der Waals surface area (Å²) in [6, 6.07) is 13.1. The van der Waals surface area contributed by atoms with Gasteiger partial charge in [-0.05, 0) is 35.7 Å². The Balaban J connectivity index is 1.80. The number of nitrogens with zero attached hydrogens (tertiary/aromatic N) is 1. The molecule has 1 unspecified atom stereocenters. The number of rotatable bonds is 3. The number of carbonyl (C=O) groups excluding carboxylic acids is 1. The first-order valence-electron chi connectivity index (χ1n) is 7.68. The molecule has 1 aliphatic rings. The zero-order valence-electron chi connectivity index (χ0n) is 13.1. The second-order valence-corrected chi connectivity index (χ2v) is 6.78. The van der Waals surface area contributed by atoms with Gasteiger partial charge in [0.05, 0.1) is 18.2 Å². The van der Waals surface area contributed by atoms with Crippen LogP contribution in [0.2, 0.25) is 0 Å². The van der Waals surface area contributed by atoms with Crippen LogP contribution in [0.15, 0.2) is 53.0 Å². The molecular formula is C18H15BrF3NO2. The highest BCUT2D eigenvalue weighted by Gasteiger charge is 2.42. The second-order valence-electron chi connectivity index (χ2n) is 5.86. The molecule has 25 heavy (non-hydrogen) atoms. The number of amides is 1. The Kier molecular flexibility index (Phi) is 5.03. The molecule has 1 amide bonds. The van der Waals surface area contributed by atoms with E-state index in [1.165, 1.54) is 0 Å². The maximum absolute atomic E-state index is 12.9. The molecule has 3 nitrogen and oxygen atoms in total. The molecule has 0 spiro atoms. The van der Waals surface area contributed by atoms with Gasteiger partial charge in [-0.2, -0.15) is 13.2 Å². The summed E-state index contributed by atoms with van der Waals surface area (Å²) in [6.45, 7) is 0.0147. The van der Waals surface area contributed by atoms with Gasteiger partial charge in [0.1, 0.15) is 6.61 Å². The highest BCUT2D eigenvalue weighted by Crippen LogP contribution is 2.39. The van der Waals surface area contributed by atoms with Crippen LogP contribution in [0.25, 0.3) is 0 Å². The summed E-state index contributed by atoms with van der Waals surface area (Å²) >= 11 is 3.31. The molecule has 2 aromatic rings. The molecule has 0 saturated carbocycles. The molecule has 1 atom stereocenters. The van der Waals surface area contributed by atoms with E-state index in [1.54, 1.807) is 42.5 Å². The number of fused-ring (bicyclic) bond motifs is 1. The maximum Gasteiger partial charge on any atom is 0.414 e. The number of alkyl halides is 3. The van der Waals surface area contributed by atoms with Gasteiger partial charge in [-0.1, -0.05) is 46.3 Å². The minimum atomic E-state index is -4.36. The summed E-state index contributed by atoms with van der Waals surface area (Å²) in [5.41, 5.74) is 1.94. The van der Waals surface area contributed by atoms with Gasteiger partial charge in [-0.25, -0.2) is 4.79 Å². The summed E-state index contributed by atoms with van der Waals surface area (Å²) in [5, 5.41) is 0. The van der Waals surface area contributed by atoms with E-state index >= 15 is 0 Å². The van der Waals surface area contributed by atoms with E-state index in [9.17, 15) is 18.0 Å². The Hall–Kier alpha value is -2.02. The first-order chi connectivity index (χ1) is 11.8. The van der Waals surface area contributed by atoms with Crippen LogP contribution in [0, 0.1) is 0 Å². The zero-order valence-corrected chi connectivity index (χ0v) is 14.7. The molecule has 0 radical (unpaired) electrons. The average molecular weight is 414 g/mol. The predicted octanol–water partition coefficient (Wildman–Crippen LogP) is 5.47. The summed E-state index contributed by atoms with van der Waals surface area (Å²) in [7, 11) is 0. The first-order valence-corrected chi connectivity index (χ1v) is 8.48. The van der Waals surface area contributed by atoms with Crippen molar-refractivity contribution >= 4 is 27.7 Å². The molecule has 0 bridgehead atoms. The van der Waals surface area contributed by atoms with Crippen LogP contribution < -0.4 is 4.90 Å². The zero-order chi connectivity index (χ0) is 18.0. The summed E-state index contributed by atoms with van der Waals surface area (Å²) in [6.07, 6.45) is -6.05. The third-order valence-electron chi connectivity index (χ3n) is 3.99. The smallest absolute Gasteiger partial charge is 0.414 e. The van der Waals surface area contributed by atoms with E-state index in [0.717, 1.165) is 14.9 Å². The highest BCUT2D eigenvalue weighted by molar-refractivity contribution is 9.10. The van der Waals surface area contributed by atoms with Crippen molar-refractivity contribution < 1.29 is 22.7 Å². The minimum Gasteiger partial charge on any atom is -0.444 e. The van der Waals surface area contributed by atoms with Gasteiger partial charge in [0.25, 0.3) is 0 Å². The fraction of sp³-hybridized carbons (Fsp3) is 0.278. The molecule has 0 aromatic heterocycles. The lowest BCUT2D eigenvalue weighted by Gasteiger charge is -2.25. The van der Waals surface area contributed by atoms with E-state index in [-0.39, 0.29) is 13.0 Å². The summed E-state index contributed by atoms with van der Waals surface area (Å²) in [5.74, 6) is 0. The van der Waals surface area contributed by atoms with E-state index in [1.807, 2.05) is 6.07 Å². The normalized spacial score (nSPS) is 16.6. The Morgan fingerprint density at radius 1 is 1.20 bits per heavy atom. The molecule has 1 heterocycles. The predicted molar refractivity (Wildman–Crippen MR) is 91.4 cm³/mol. The van der Waals surface area contributed by atoms with E-state index in [2.05, 4.69) is 15.9 Å². The van der Waals surface area contributed by atoms with Crippen LogP contribution in [-0.4, -0.2) is 18.3 Å². The Morgan fingerprint density at radius 3 is 2.60 bits per heavy atom. The summed E-state index contributed by atoms with van der Waals surface area (Å²) < 4.78 is 44.7. The van der Waals surface area contributed by atoms with Crippen LogP contribution in [0.4, 0.5) is 23.7 Å². The fourth-order valence-electron chi connectivity index (χ4n) is 2.96. The minimum absolute atomic E-state index is 0.0147. The number of anilines is 1. The second kappa shape index (κ2) is 7.07. The van der Waals surface area contributed by atoms with Crippen molar-refractivity contribution in [1.29, 1.82) is 0 Å². The van der Waals surface area contributed by atoms with Crippen molar-refractivity contribution in [2.45, 2.75) is 31.7 Å². The van der Waals surface area contributed by atoms with Crippen molar-refractivity contribution in [2.24, 2.45) is 0 Å². The average Bonchev–Trinajstić information content (AvgIpc) is 2.88. The monoisotopic (exact) mass is 413 g/mol. The SMILES string of the molecule is O=C(OCc1ccccc1)N1c2ccc(Br)cc2CC1CC(F)(F)F. The lowest BCUT2D eigenvalue weighted by Crippen LogP contribution is -2.40. The summed E-state index contributed by atoms with van der Waals surface area (Å²) in [4.78, 5) is 13.6. The number of ether oxygens (including phenoxy) is 1. The van der Waals surface area contributed by atoms with Gasteiger partial charge in [-0.15, -0.1) is 0 Å². The largest absolute Gasteiger partial charge is 0.444 e. The molecule has 1 aliphatic heterocycles. The van der Waals surface area contributed by atoms with E-state index < -0.39 is 24.7 Å². The van der Waals surface area contributed by atoms with Crippen molar-refractivity contribution in [1.82, 2.24) is 0 Å². The third-order valence-corrected chi connectivity index (χ3v) is 4.48. The lowest BCUT2D eigenvalue weighted by atomic mass is 10.1. The molecule has 2 aromatic carbocycles. The van der Waals surface area contributed by atoms with Gasteiger partial charge in [0.2, 0.25) is 0 Å². The Bertz CT molecular complexity index is 765. The van der Waals surface area contributed by atoms with Crippen LogP contribution >= 0.6 is 15.9 Å². The highest BCUT2D eigenvalue weighted by atomic mass is 79.9. The number of carbonyl (C=O) groups is 1. The molecular weight excluding hydrogens is 399 g/mol. The van der Waals surface area contributed by atoms with Crippen LogP contribution in [-0.2, 0) is 17.8 Å². The number of hydrogen-bond acceptors (Lipinski definition) is 2. The van der Waals surface area contributed by atoms with Gasteiger partial charge in [0.15, 0.2) is 0 Å². The topological polar surface area (TPSA) is 29.5 Å². The van der Waals surface area contributed by atoms with Gasteiger partial charge < -0.3 is 4.74 Å². The molecule has 7 heteroatoms. The Labute approximate surface area is 151 Å². The third kappa shape index (κ3) is 4.34. The van der Waals surface area contributed by atoms with Crippen molar-refractivity contribution in [3.8, 4) is 0 Å². The fourth-order valence-corrected chi connectivity index (χ4v) is 3.37. The molecule has 0 fully saturated rings. The van der Waals surface area contributed by atoms with Crippen molar-refractivity contribution in [3.05, 3.63) is 64.1 Å². The number of hydrogen-bond donors (Lipinski definition) is 0. The van der Waals surface area contributed by atoms with Crippen LogP contribution in [0.5, 0.6) is 0 Å². The van der Waals surface area contributed by atoms with Gasteiger partial charge in [-0.3, -0.25) is 4.90 Å². The molecule has 0 N–H and O–H groups in total. The van der Waals surface area contributed by atoms with Gasteiger partial charge >= 0.3 is 12.3 Å². The maximum atomic E-state index is 12.9. The number of benzene rings is 2. The van der Waals surface area contributed by atoms with E-state index in [4.69, 9.17) is 4.74 Å². The molecule has 0 aliphatic carbocycles. The van der Waals surface area contributed by atoms with Crippen molar-refractivity contribution in [3.63, 3.8) is 0 Å². The Morgan fingerprint density at radius 2 is 1.92 bits per heavy atom. The molecule has 3 rings (SSSR count).